The Bertz CT molecular complexity index is 541. The fourth-order valence-electron chi connectivity index (χ4n) is 2.22. The van der Waals surface area contributed by atoms with Gasteiger partial charge in [-0.05, 0) is 6.92 Å². The molecule has 2 rings (SSSR count). The fraction of sp³-hybridized carbons (Fsp3) is 0.538. The predicted octanol–water partition coefficient (Wildman–Crippen LogP) is -0.222. The predicted molar refractivity (Wildman–Crippen MR) is 74.4 cm³/mol. The van der Waals surface area contributed by atoms with E-state index >= 15 is 0 Å². The van der Waals surface area contributed by atoms with Gasteiger partial charge in [0.25, 0.3) is 0 Å². The number of carboxylic acids is 1. The summed E-state index contributed by atoms with van der Waals surface area (Å²) in [7, 11) is 1.29. The highest BCUT2D eigenvalue weighted by molar-refractivity contribution is 5.85. The molecule has 0 amide bonds. The van der Waals surface area contributed by atoms with Crippen molar-refractivity contribution in [3.8, 4) is 0 Å². The number of carbonyl (C=O) groups excluding carboxylic acids is 1. The van der Waals surface area contributed by atoms with Gasteiger partial charge >= 0.3 is 11.9 Å². The zero-order valence-electron chi connectivity index (χ0n) is 12.1. The minimum Gasteiger partial charge on any atom is -0.480 e. The Morgan fingerprint density at radius 2 is 1.95 bits per heavy atom. The zero-order chi connectivity index (χ0) is 15.4. The van der Waals surface area contributed by atoms with E-state index in [0.29, 0.717) is 37.7 Å². The molecule has 8 heteroatoms. The summed E-state index contributed by atoms with van der Waals surface area (Å²) in [4.78, 5) is 34.4. The van der Waals surface area contributed by atoms with Crippen LogP contribution in [0.3, 0.4) is 0 Å². The van der Waals surface area contributed by atoms with Gasteiger partial charge < -0.3 is 14.7 Å². The molecule has 1 aliphatic heterocycles. The Hall–Kier alpha value is -2.22. The van der Waals surface area contributed by atoms with Crippen LogP contribution in [0.15, 0.2) is 6.07 Å². The van der Waals surface area contributed by atoms with Crippen molar-refractivity contribution < 1.29 is 19.4 Å². The zero-order valence-corrected chi connectivity index (χ0v) is 12.1. The molecule has 0 bridgehead atoms. The van der Waals surface area contributed by atoms with Crippen molar-refractivity contribution >= 4 is 17.8 Å². The van der Waals surface area contributed by atoms with Gasteiger partial charge in [0.1, 0.15) is 5.82 Å². The van der Waals surface area contributed by atoms with Crippen LogP contribution in [0.5, 0.6) is 0 Å². The first kappa shape index (κ1) is 15.2. The summed E-state index contributed by atoms with van der Waals surface area (Å²) in [5.41, 5.74) is 0.688. The Balaban J connectivity index is 2.08. The number of aryl methyl sites for hydroxylation is 1. The highest BCUT2D eigenvalue weighted by Crippen LogP contribution is 2.15. The fourth-order valence-corrected chi connectivity index (χ4v) is 2.22. The standard InChI is InChI=1S/C13H18N4O4/c1-9-7-10(15-12(14-9)13(20)21-2)17-5-3-16(4-6-17)8-11(18)19/h7H,3-6,8H2,1-2H3,(H,18,19). The van der Waals surface area contributed by atoms with Crippen LogP contribution in [0.4, 0.5) is 5.82 Å². The summed E-state index contributed by atoms with van der Waals surface area (Å²) in [5, 5.41) is 8.78. The lowest BCUT2D eigenvalue weighted by Crippen LogP contribution is -2.48. The summed E-state index contributed by atoms with van der Waals surface area (Å²) < 4.78 is 4.64. The number of ether oxygens (including phenoxy) is 1. The number of anilines is 1. The minimum atomic E-state index is -0.825. The molecule has 0 radical (unpaired) electrons. The molecule has 21 heavy (non-hydrogen) atoms. The van der Waals surface area contributed by atoms with E-state index in [1.54, 1.807) is 13.0 Å². The van der Waals surface area contributed by atoms with Crippen LogP contribution in [0, 0.1) is 6.92 Å². The first-order valence-electron chi connectivity index (χ1n) is 6.62. The van der Waals surface area contributed by atoms with E-state index in [2.05, 4.69) is 14.7 Å². The molecule has 8 nitrogen and oxygen atoms in total. The molecule has 0 unspecified atom stereocenters. The largest absolute Gasteiger partial charge is 0.480 e. The summed E-state index contributed by atoms with van der Waals surface area (Å²) >= 11 is 0. The van der Waals surface area contributed by atoms with Gasteiger partial charge in [0.2, 0.25) is 5.82 Å². The molecule has 1 aromatic rings. The van der Waals surface area contributed by atoms with Crippen molar-refractivity contribution in [2.24, 2.45) is 0 Å². The molecule has 0 aromatic carbocycles. The highest BCUT2D eigenvalue weighted by atomic mass is 16.5. The molecule has 2 heterocycles. The Labute approximate surface area is 122 Å². The van der Waals surface area contributed by atoms with Crippen molar-refractivity contribution in [3.05, 3.63) is 17.6 Å². The van der Waals surface area contributed by atoms with Crippen LogP contribution in [0.2, 0.25) is 0 Å². The number of piperazine rings is 1. The van der Waals surface area contributed by atoms with Crippen LogP contribution >= 0.6 is 0 Å². The smallest absolute Gasteiger partial charge is 0.376 e. The van der Waals surface area contributed by atoms with E-state index < -0.39 is 11.9 Å². The molecule has 0 atom stereocenters. The van der Waals surface area contributed by atoms with E-state index in [1.165, 1.54) is 7.11 Å². The molecule has 1 aliphatic rings. The third-order valence-corrected chi connectivity index (χ3v) is 3.26. The average molecular weight is 294 g/mol. The third-order valence-electron chi connectivity index (χ3n) is 3.26. The number of hydrogen-bond acceptors (Lipinski definition) is 7. The van der Waals surface area contributed by atoms with Gasteiger partial charge in [0.05, 0.1) is 13.7 Å². The van der Waals surface area contributed by atoms with Crippen molar-refractivity contribution in [1.82, 2.24) is 14.9 Å². The molecule has 0 aliphatic carbocycles. The highest BCUT2D eigenvalue weighted by Gasteiger charge is 2.21. The van der Waals surface area contributed by atoms with Crippen LogP contribution in [0.1, 0.15) is 16.3 Å². The van der Waals surface area contributed by atoms with Gasteiger partial charge in [-0.25, -0.2) is 14.8 Å². The monoisotopic (exact) mass is 294 g/mol. The number of carboxylic acid groups (broad SMARTS) is 1. The second-order valence-electron chi connectivity index (χ2n) is 4.84. The van der Waals surface area contributed by atoms with Gasteiger partial charge in [0, 0.05) is 37.9 Å². The number of nitrogens with zero attached hydrogens (tertiary/aromatic N) is 4. The lowest BCUT2D eigenvalue weighted by molar-refractivity contribution is -0.138. The van der Waals surface area contributed by atoms with E-state index in [-0.39, 0.29) is 12.4 Å². The number of esters is 1. The Morgan fingerprint density at radius 1 is 1.29 bits per heavy atom. The molecule has 0 saturated carbocycles. The summed E-state index contributed by atoms with van der Waals surface area (Å²) in [6.07, 6.45) is 0. The molecule has 0 spiro atoms. The first-order valence-corrected chi connectivity index (χ1v) is 6.62. The lowest BCUT2D eigenvalue weighted by Gasteiger charge is -2.34. The lowest BCUT2D eigenvalue weighted by atomic mass is 10.3. The second-order valence-corrected chi connectivity index (χ2v) is 4.84. The van der Waals surface area contributed by atoms with Gasteiger partial charge in [0.15, 0.2) is 0 Å². The molecule has 1 N–H and O–H groups in total. The van der Waals surface area contributed by atoms with Crippen LogP contribution < -0.4 is 4.90 Å². The van der Waals surface area contributed by atoms with Gasteiger partial charge in [-0.1, -0.05) is 0 Å². The third kappa shape index (κ3) is 3.88. The molecule has 1 fully saturated rings. The normalized spacial score (nSPS) is 15.8. The molecule has 1 saturated heterocycles. The van der Waals surface area contributed by atoms with E-state index in [9.17, 15) is 9.59 Å². The quantitative estimate of drug-likeness (QED) is 0.761. The van der Waals surface area contributed by atoms with Crippen molar-refractivity contribution in [2.75, 3.05) is 44.7 Å². The molecular formula is C13H18N4O4. The minimum absolute atomic E-state index is 0.0421. The summed E-state index contributed by atoms with van der Waals surface area (Å²) in [6, 6.07) is 1.80. The number of hydrogen-bond donors (Lipinski definition) is 1. The van der Waals surface area contributed by atoms with Crippen LogP contribution in [0.25, 0.3) is 0 Å². The summed E-state index contributed by atoms with van der Waals surface area (Å²) in [5.74, 6) is -0.683. The number of aliphatic carboxylic acids is 1. The number of carbonyl (C=O) groups is 2. The first-order chi connectivity index (χ1) is 9.99. The van der Waals surface area contributed by atoms with Gasteiger partial charge in [-0.2, -0.15) is 0 Å². The average Bonchev–Trinajstić information content (AvgIpc) is 2.46. The SMILES string of the molecule is COC(=O)c1nc(C)cc(N2CCN(CC(=O)O)CC2)n1. The van der Waals surface area contributed by atoms with Crippen LogP contribution in [-0.2, 0) is 9.53 Å². The maximum atomic E-state index is 11.5. The molecule has 1 aromatic heterocycles. The number of rotatable bonds is 4. The topological polar surface area (TPSA) is 95.9 Å². The van der Waals surface area contributed by atoms with Crippen molar-refractivity contribution in [1.29, 1.82) is 0 Å². The molecule has 114 valence electrons. The van der Waals surface area contributed by atoms with Crippen molar-refractivity contribution in [3.63, 3.8) is 0 Å². The Morgan fingerprint density at radius 3 is 2.52 bits per heavy atom. The van der Waals surface area contributed by atoms with E-state index in [1.807, 2.05) is 9.80 Å². The molecular weight excluding hydrogens is 276 g/mol. The van der Waals surface area contributed by atoms with E-state index in [0.717, 1.165) is 0 Å². The number of aromatic nitrogens is 2. The maximum absolute atomic E-state index is 11.5. The van der Waals surface area contributed by atoms with E-state index in [4.69, 9.17) is 5.11 Å². The Kier molecular flexibility index (Phi) is 4.69. The van der Waals surface area contributed by atoms with Gasteiger partial charge in [-0.3, -0.25) is 9.69 Å². The van der Waals surface area contributed by atoms with Crippen LogP contribution in [-0.4, -0.2) is 71.7 Å². The maximum Gasteiger partial charge on any atom is 0.376 e. The van der Waals surface area contributed by atoms with Crippen molar-refractivity contribution in [2.45, 2.75) is 6.92 Å². The van der Waals surface area contributed by atoms with Gasteiger partial charge in [-0.15, -0.1) is 0 Å². The number of methoxy groups -OCH3 is 1. The summed E-state index contributed by atoms with van der Waals surface area (Å²) in [6.45, 7) is 4.43. The second kappa shape index (κ2) is 6.49.